The Morgan fingerprint density at radius 2 is 1.18 bits per heavy atom. The van der Waals surface area contributed by atoms with Crippen LogP contribution in [0.4, 0.5) is 13.2 Å². The van der Waals surface area contributed by atoms with E-state index in [-0.39, 0.29) is 24.3 Å². The lowest BCUT2D eigenvalue weighted by molar-refractivity contribution is -0.137. The van der Waals surface area contributed by atoms with Crippen LogP contribution in [0.3, 0.4) is 0 Å². The Kier molecular flexibility index (Phi) is 11.1. The maximum Gasteiger partial charge on any atom is 0.391 e. The molecule has 0 aliphatic rings. The molecule has 0 aliphatic heterocycles. The minimum atomic E-state index is -4.39. The second-order valence-corrected chi connectivity index (χ2v) is 11.5. The molecular weight excluding hydrogens is 592 g/mol. The molecular formula is C28H28Cl3F3N2O4. The Labute approximate surface area is 244 Å². The molecule has 12 heteroatoms. The number of nitrogens with one attached hydrogen (secondary N) is 2. The van der Waals surface area contributed by atoms with Gasteiger partial charge in [-0.1, -0.05) is 72.9 Å². The van der Waals surface area contributed by atoms with Crippen molar-refractivity contribution in [1.82, 2.24) is 10.6 Å². The Morgan fingerprint density at radius 3 is 1.55 bits per heavy atom. The molecule has 0 aliphatic carbocycles. The van der Waals surface area contributed by atoms with Crippen LogP contribution >= 0.6 is 34.8 Å². The molecule has 0 saturated heterocycles. The number of benzene rings is 2. The number of Topliss-reactive ketones (excluding diaryl/α,β-unsaturated/α-hetero) is 2. The molecule has 0 fully saturated rings. The fraction of sp³-hybridized carbons (Fsp3) is 0.357. The standard InChI is InChI=1S/C14H14Cl3NO2.C14H14F3NO2/c2*1-2-18-11(8-14(15,16)17)13(19)10-4-3-9-5-6-20-12(9)7-10/h2*3-7,11,18H,2,8H2,1H3. The Morgan fingerprint density at radius 1 is 0.750 bits per heavy atom. The summed E-state index contributed by atoms with van der Waals surface area (Å²) in [5.41, 5.74) is 1.90. The first kappa shape index (κ1) is 32.0. The molecule has 0 spiro atoms. The summed E-state index contributed by atoms with van der Waals surface area (Å²) in [6, 6.07) is 11.7. The third-order valence-electron chi connectivity index (χ3n) is 5.89. The van der Waals surface area contributed by atoms with E-state index in [0.29, 0.717) is 23.3 Å². The SMILES string of the molecule is CCNC(CC(Cl)(Cl)Cl)C(=O)c1ccc2ccoc2c1.CCNC(CC(F)(F)F)C(=O)c1ccc2ccoc2c1. The van der Waals surface area contributed by atoms with Crippen molar-refractivity contribution in [2.45, 2.75) is 48.7 Å². The molecule has 0 amide bonds. The minimum absolute atomic E-state index is 0.112. The van der Waals surface area contributed by atoms with Crippen LogP contribution in [-0.2, 0) is 0 Å². The fourth-order valence-corrected chi connectivity index (χ4v) is 4.55. The van der Waals surface area contributed by atoms with Crippen molar-refractivity contribution < 1.29 is 31.6 Å². The number of hydrogen-bond acceptors (Lipinski definition) is 6. The lowest BCUT2D eigenvalue weighted by atomic mass is 10.0. The summed E-state index contributed by atoms with van der Waals surface area (Å²) in [4.78, 5) is 24.7. The highest BCUT2D eigenvalue weighted by Gasteiger charge is 2.35. The van der Waals surface area contributed by atoms with E-state index in [0.717, 1.165) is 10.8 Å². The van der Waals surface area contributed by atoms with Gasteiger partial charge in [0, 0.05) is 28.3 Å². The molecule has 4 aromatic rings. The molecule has 0 radical (unpaired) electrons. The van der Waals surface area contributed by atoms with E-state index >= 15 is 0 Å². The van der Waals surface area contributed by atoms with Gasteiger partial charge in [-0.25, -0.2) is 0 Å². The van der Waals surface area contributed by atoms with E-state index in [1.165, 1.54) is 18.4 Å². The summed E-state index contributed by atoms with van der Waals surface area (Å²) >= 11 is 17.4. The number of carbonyl (C=O) groups excluding carboxylic acids is 2. The van der Waals surface area contributed by atoms with Gasteiger partial charge in [0.15, 0.2) is 15.4 Å². The summed E-state index contributed by atoms with van der Waals surface area (Å²) < 4.78 is 46.5. The van der Waals surface area contributed by atoms with E-state index in [4.69, 9.17) is 43.6 Å². The largest absolute Gasteiger partial charge is 0.464 e. The molecule has 40 heavy (non-hydrogen) atoms. The smallest absolute Gasteiger partial charge is 0.391 e. The average Bonchev–Trinajstić information content (AvgIpc) is 3.54. The number of fused-ring (bicyclic) bond motifs is 2. The monoisotopic (exact) mass is 618 g/mol. The van der Waals surface area contributed by atoms with Gasteiger partial charge >= 0.3 is 6.18 Å². The number of likely N-dealkylation sites (N-methyl/N-ethyl adjacent to an activating group) is 2. The molecule has 0 saturated carbocycles. The van der Waals surface area contributed by atoms with Crippen LogP contribution in [0.5, 0.6) is 0 Å². The number of hydrogen-bond donors (Lipinski definition) is 2. The van der Waals surface area contributed by atoms with Gasteiger partial charge < -0.3 is 19.5 Å². The highest BCUT2D eigenvalue weighted by atomic mass is 35.6. The second-order valence-electron chi connectivity index (χ2n) is 8.93. The minimum Gasteiger partial charge on any atom is -0.464 e. The van der Waals surface area contributed by atoms with E-state index < -0.39 is 34.3 Å². The van der Waals surface area contributed by atoms with Crippen molar-refractivity contribution in [1.29, 1.82) is 0 Å². The van der Waals surface area contributed by atoms with Gasteiger partial charge in [-0.05, 0) is 37.4 Å². The van der Waals surface area contributed by atoms with Gasteiger partial charge in [-0.15, -0.1) is 0 Å². The van der Waals surface area contributed by atoms with Crippen LogP contribution in [0.2, 0.25) is 0 Å². The first-order valence-electron chi connectivity index (χ1n) is 12.4. The third-order valence-corrected chi connectivity index (χ3v) is 6.35. The molecule has 2 aromatic heterocycles. The third kappa shape index (κ3) is 9.24. The molecule has 0 bridgehead atoms. The molecule has 2 aromatic carbocycles. The number of alkyl halides is 6. The normalized spacial score (nSPS) is 13.6. The van der Waals surface area contributed by atoms with Gasteiger partial charge in [0.2, 0.25) is 0 Å². The molecule has 216 valence electrons. The van der Waals surface area contributed by atoms with Crippen molar-refractivity contribution >= 4 is 68.3 Å². The summed E-state index contributed by atoms with van der Waals surface area (Å²) in [7, 11) is 0. The summed E-state index contributed by atoms with van der Waals surface area (Å²) in [5, 5.41) is 7.38. The highest BCUT2D eigenvalue weighted by molar-refractivity contribution is 6.67. The van der Waals surface area contributed by atoms with E-state index in [2.05, 4.69) is 10.6 Å². The lowest BCUT2D eigenvalue weighted by Crippen LogP contribution is -2.40. The number of furan rings is 2. The zero-order valence-electron chi connectivity index (χ0n) is 21.7. The number of carbonyl (C=O) groups is 2. The molecule has 2 atom stereocenters. The van der Waals surface area contributed by atoms with Gasteiger partial charge in [0.05, 0.1) is 31.0 Å². The van der Waals surface area contributed by atoms with Crippen LogP contribution in [0.1, 0.15) is 47.4 Å². The molecule has 6 nitrogen and oxygen atoms in total. The number of halogens is 6. The second kappa shape index (κ2) is 13.9. The maximum absolute atomic E-state index is 12.5. The summed E-state index contributed by atoms with van der Waals surface area (Å²) in [5.74, 6) is -0.695. The van der Waals surface area contributed by atoms with Crippen molar-refractivity contribution in [2.24, 2.45) is 0 Å². The maximum atomic E-state index is 12.5. The van der Waals surface area contributed by atoms with Crippen molar-refractivity contribution in [3.05, 3.63) is 72.2 Å². The van der Waals surface area contributed by atoms with Crippen LogP contribution in [-0.4, -0.2) is 46.7 Å². The molecule has 2 N–H and O–H groups in total. The number of ketones is 2. The fourth-order valence-electron chi connectivity index (χ4n) is 4.09. The summed E-state index contributed by atoms with van der Waals surface area (Å²) in [6.07, 6.45) is -2.41. The molecule has 2 heterocycles. The summed E-state index contributed by atoms with van der Waals surface area (Å²) in [6.45, 7) is 4.45. The Hall–Kier alpha value is -2.56. The topological polar surface area (TPSA) is 84.5 Å². The number of rotatable bonds is 10. The van der Waals surface area contributed by atoms with Gasteiger partial charge in [-0.3, -0.25) is 9.59 Å². The first-order valence-corrected chi connectivity index (χ1v) is 13.6. The van der Waals surface area contributed by atoms with Crippen molar-refractivity contribution in [2.75, 3.05) is 13.1 Å². The first-order chi connectivity index (χ1) is 18.8. The van der Waals surface area contributed by atoms with Crippen LogP contribution in [0.25, 0.3) is 21.9 Å². The van der Waals surface area contributed by atoms with Gasteiger partial charge in [0.25, 0.3) is 0 Å². The van der Waals surface area contributed by atoms with Crippen LogP contribution in [0, 0.1) is 0 Å². The van der Waals surface area contributed by atoms with E-state index in [1.807, 2.05) is 19.1 Å². The Bertz CT molecular complexity index is 1320. The van der Waals surface area contributed by atoms with Gasteiger partial charge in [-0.2, -0.15) is 13.2 Å². The predicted molar refractivity (Wildman–Crippen MR) is 152 cm³/mol. The quantitative estimate of drug-likeness (QED) is 0.139. The van der Waals surface area contributed by atoms with Crippen LogP contribution in [0.15, 0.2) is 69.9 Å². The Balaban J connectivity index is 0.000000220. The molecule has 2 unspecified atom stereocenters. The zero-order valence-corrected chi connectivity index (χ0v) is 23.9. The lowest BCUT2D eigenvalue weighted by Gasteiger charge is -2.21. The predicted octanol–water partition coefficient (Wildman–Crippen LogP) is 7.90. The van der Waals surface area contributed by atoms with Crippen molar-refractivity contribution in [3.8, 4) is 0 Å². The highest BCUT2D eigenvalue weighted by Crippen LogP contribution is 2.32. The molecule has 4 rings (SSSR count). The van der Waals surface area contributed by atoms with Crippen molar-refractivity contribution in [3.63, 3.8) is 0 Å². The average molecular weight is 620 g/mol. The van der Waals surface area contributed by atoms with Crippen LogP contribution < -0.4 is 10.6 Å². The zero-order chi connectivity index (χ0) is 29.5. The van der Waals surface area contributed by atoms with E-state index in [1.54, 1.807) is 37.5 Å². The van der Waals surface area contributed by atoms with Gasteiger partial charge in [0.1, 0.15) is 11.2 Å². The van der Waals surface area contributed by atoms with E-state index in [9.17, 15) is 22.8 Å².